The zero-order valence-corrected chi connectivity index (χ0v) is 10.7. The Kier molecular flexibility index (Phi) is 2.71. The number of hydrogen-bond acceptors (Lipinski definition) is 5. The van der Waals surface area contributed by atoms with Crippen LogP contribution in [0.4, 0.5) is 0 Å². The fourth-order valence-corrected chi connectivity index (χ4v) is 2.89. The van der Waals surface area contributed by atoms with Gasteiger partial charge in [-0.15, -0.1) is 5.10 Å². The summed E-state index contributed by atoms with van der Waals surface area (Å²) in [6.07, 6.45) is 5.32. The van der Waals surface area contributed by atoms with Crippen molar-refractivity contribution in [1.82, 2.24) is 14.6 Å². The lowest BCUT2D eigenvalue weighted by molar-refractivity contribution is 0.290. The maximum absolute atomic E-state index is 12.2. The lowest BCUT2D eigenvalue weighted by Crippen LogP contribution is -2.39. The van der Waals surface area contributed by atoms with Crippen molar-refractivity contribution in [3.63, 3.8) is 0 Å². The van der Waals surface area contributed by atoms with E-state index in [9.17, 15) is 4.79 Å². The summed E-state index contributed by atoms with van der Waals surface area (Å²) >= 11 is 1.42. The minimum absolute atomic E-state index is 0.0377. The molecule has 0 fully saturated rings. The van der Waals surface area contributed by atoms with Gasteiger partial charge in [0.2, 0.25) is 4.80 Å². The Morgan fingerprint density at radius 2 is 2.33 bits per heavy atom. The van der Waals surface area contributed by atoms with E-state index in [1.807, 2.05) is 30.3 Å². The smallest absolute Gasteiger partial charge is 0.270 e. The zero-order chi connectivity index (χ0) is 12.5. The van der Waals surface area contributed by atoms with Gasteiger partial charge in [0, 0.05) is 26.0 Å². The molecule has 3 rings (SSSR count). The van der Waals surface area contributed by atoms with Gasteiger partial charge < -0.3 is 0 Å². The second kappa shape index (κ2) is 4.38. The molecule has 18 heavy (non-hydrogen) atoms. The highest BCUT2D eigenvalue weighted by atomic mass is 32.1. The molecule has 0 saturated carbocycles. The van der Waals surface area contributed by atoms with Crippen molar-refractivity contribution in [1.29, 1.82) is 0 Å². The summed E-state index contributed by atoms with van der Waals surface area (Å²) in [6.45, 7) is 1.47. The summed E-state index contributed by atoms with van der Waals surface area (Å²) in [4.78, 5) is 17.0. The van der Waals surface area contributed by atoms with Crippen molar-refractivity contribution in [3.8, 4) is 0 Å². The summed E-state index contributed by atoms with van der Waals surface area (Å²) in [5.41, 5.74) is 0.970. The maximum Gasteiger partial charge on any atom is 0.270 e. The number of likely N-dealkylation sites (N-methyl/N-ethyl adjacent to an activating group) is 1. The van der Waals surface area contributed by atoms with Crippen LogP contribution < -0.4 is 14.9 Å². The van der Waals surface area contributed by atoms with Crippen LogP contribution in [0.1, 0.15) is 5.56 Å². The van der Waals surface area contributed by atoms with Crippen molar-refractivity contribution in [2.75, 3.05) is 13.6 Å². The maximum atomic E-state index is 12.2. The largest absolute Gasteiger partial charge is 0.295 e. The van der Waals surface area contributed by atoms with Gasteiger partial charge in [-0.25, -0.2) is 0 Å². The minimum Gasteiger partial charge on any atom is -0.295 e. The molecule has 0 N–H and O–H groups in total. The molecular weight excluding hydrogens is 248 g/mol. The van der Waals surface area contributed by atoms with Gasteiger partial charge in [-0.05, 0) is 17.7 Å². The molecule has 92 valence electrons. The molecule has 3 heterocycles. The highest BCUT2D eigenvalue weighted by Crippen LogP contribution is 1.96. The van der Waals surface area contributed by atoms with Crippen LogP contribution in [0.3, 0.4) is 0 Å². The average molecular weight is 260 g/mol. The lowest BCUT2D eigenvalue weighted by atomic mass is 10.3. The summed E-state index contributed by atoms with van der Waals surface area (Å²) in [5.74, 6) is 0. The third-order valence-corrected chi connectivity index (χ3v) is 3.77. The van der Waals surface area contributed by atoms with E-state index in [4.69, 9.17) is 0 Å². The highest BCUT2D eigenvalue weighted by molar-refractivity contribution is 7.07. The molecule has 0 unspecified atom stereocenters. The predicted molar refractivity (Wildman–Crippen MR) is 69.8 cm³/mol. The van der Waals surface area contributed by atoms with E-state index in [1.54, 1.807) is 17.0 Å². The highest BCUT2D eigenvalue weighted by Gasteiger charge is 2.11. The van der Waals surface area contributed by atoms with E-state index >= 15 is 0 Å². The summed E-state index contributed by atoms with van der Waals surface area (Å²) in [7, 11) is 1.91. The van der Waals surface area contributed by atoms with Crippen molar-refractivity contribution < 1.29 is 0 Å². The molecule has 1 aliphatic heterocycles. The fourth-order valence-electron chi connectivity index (χ4n) is 1.83. The molecule has 0 saturated heterocycles. The Morgan fingerprint density at radius 3 is 3.11 bits per heavy atom. The first-order chi connectivity index (χ1) is 8.74. The summed E-state index contributed by atoms with van der Waals surface area (Å²) in [5, 5.41) is 6.21. The standard InChI is InChI=1S/C12H12N4OS/c1-15-5-6-16-11(17)10(18-12(16)14-15)7-9-3-2-4-13-8-9/h2-4,7-8H,5-6H2,1H3/b10-7-. The third kappa shape index (κ3) is 1.95. The van der Waals surface area contributed by atoms with Crippen LogP contribution >= 0.6 is 11.3 Å². The van der Waals surface area contributed by atoms with Crippen molar-refractivity contribution >= 4 is 17.4 Å². The quantitative estimate of drug-likeness (QED) is 0.702. The van der Waals surface area contributed by atoms with E-state index in [1.165, 1.54) is 11.3 Å². The minimum atomic E-state index is 0.0377. The molecule has 0 radical (unpaired) electrons. The molecule has 0 atom stereocenters. The average Bonchev–Trinajstić information content (AvgIpc) is 2.67. The zero-order valence-electron chi connectivity index (χ0n) is 9.91. The Labute approximate surface area is 107 Å². The molecule has 2 aromatic rings. The Morgan fingerprint density at radius 1 is 1.44 bits per heavy atom. The van der Waals surface area contributed by atoms with Crippen LogP contribution in [-0.4, -0.2) is 28.2 Å². The second-order valence-corrected chi connectivity index (χ2v) is 5.13. The topological polar surface area (TPSA) is 50.5 Å². The Bertz CT molecular complexity index is 732. The monoisotopic (exact) mass is 260 g/mol. The molecule has 0 amide bonds. The van der Waals surface area contributed by atoms with Crippen molar-refractivity contribution in [2.24, 2.45) is 5.10 Å². The third-order valence-electron chi connectivity index (χ3n) is 2.77. The Hall–Kier alpha value is -1.95. The van der Waals surface area contributed by atoms with Crippen LogP contribution in [-0.2, 0) is 6.54 Å². The Balaban J connectivity index is 2.19. The van der Waals surface area contributed by atoms with Gasteiger partial charge in [-0.3, -0.25) is 19.4 Å². The summed E-state index contributed by atoms with van der Waals surface area (Å²) in [6, 6.07) is 3.79. The van der Waals surface area contributed by atoms with Crippen molar-refractivity contribution in [2.45, 2.75) is 6.54 Å². The molecule has 0 spiro atoms. The SMILES string of the molecule is CN1CCn2c(s/c(=C\c3cccnc3)c2=O)=N1. The number of fused-ring (bicyclic) bond motifs is 1. The van der Waals surface area contributed by atoms with Gasteiger partial charge >= 0.3 is 0 Å². The number of rotatable bonds is 1. The van der Waals surface area contributed by atoms with Crippen LogP contribution in [0.15, 0.2) is 34.4 Å². The second-order valence-electron chi connectivity index (χ2n) is 4.12. The van der Waals surface area contributed by atoms with Gasteiger partial charge in [-0.2, -0.15) is 0 Å². The fraction of sp³-hybridized carbons (Fsp3) is 0.250. The molecule has 1 aliphatic rings. The molecule has 0 bridgehead atoms. The number of aromatic nitrogens is 2. The van der Waals surface area contributed by atoms with Crippen LogP contribution in [0.5, 0.6) is 0 Å². The van der Waals surface area contributed by atoms with E-state index in [0.717, 1.165) is 16.9 Å². The van der Waals surface area contributed by atoms with Crippen LogP contribution in [0.25, 0.3) is 6.08 Å². The first kappa shape index (κ1) is 11.2. The number of nitrogens with zero attached hydrogens (tertiary/aromatic N) is 4. The van der Waals surface area contributed by atoms with E-state index in [2.05, 4.69) is 10.1 Å². The first-order valence-electron chi connectivity index (χ1n) is 5.65. The molecular formula is C12H12N4OS. The van der Waals surface area contributed by atoms with E-state index in [-0.39, 0.29) is 5.56 Å². The van der Waals surface area contributed by atoms with Crippen LogP contribution in [0.2, 0.25) is 0 Å². The molecule has 5 nitrogen and oxygen atoms in total. The molecule has 0 aliphatic carbocycles. The van der Waals surface area contributed by atoms with Gasteiger partial charge in [0.15, 0.2) is 0 Å². The molecule has 6 heteroatoms. The van der Waals surface area contributed by atoms with Crippen molar-refractivity contribution in [3.05, 3.63) is 49.8 Å². The van der Waals surface area contributed by atoms with E-state index < -0.39 is 0 Å². The molecule has 2 aromatic heterocycles. The van der Waals surface area contributed by atoms with Gasteiger partial charge in [0.1, 0.15) is 0 Å². The summed E-state index contributed by atoms with van der Waals surface area (Å²) < 4.78 is 2.43. The number of thiazole rings is 1. The van der Waals surface area contributed by atoms with Gasteiger partial charge in [0.05, 0.1) is 11.1 Å². The normalized spacial score (nSPS) is 15.4. The number of pyridine rings is 1. The number of hydrogen-bond donors (Lipinski definition) is 0. The first-order valence-corrected chi connectivity index (χ1v) is 6.47. The molecule has 0 aromatic carbocycles. The predicted octanol–water partition coefficient (Wildman–Crippen LogP) is -0.386. The van der Waals surface area contributed by atoms with Gasteiger partial charge in [-0.1, -0.05) is 17.4 Å². The van der Waals surface area contributed by atoms with Crippen LogP contribution in [0, 0.1) is 0 Å². The van der Waals surface area contributed by atoms with E-state index in [0.29, 0.717) is 11.1 Å². The lowest BCUT2D eigenvalue weighted by Gasteiger charge is -2.16. The van der Waals surface area contributed by atoms with Gasteiger partial charge in [0.25, 0.3) is 5.56 Å².